The lowest BCUT2D eigenvalue weighted by Gasteiger charge is -2.47. The molecule has 33 heavy (non-hydrogen) atoms. The first-order valence-electron chi connectivity index (χ1n) is 11.4. The Balaban J connectivity index is 1.42. The van der Waals surface area contributed by atoms with Crippen LogP contribution in [-0.4, -0.2) is 94.7 Å². The topological polar surface area (TPSA) is 128 Å². The Hall–Kier alpha value is -1.76. The quantitative estimate of drug-likeness (QED) is 0.353. The van der Waals surface area contributed by atoms with Crippen molar-refractivity contribution < 1.29 is 28.3 Å². The van der Waals surface area contributed by atoms with Gasteiger partial charge in [0.1, 0.15) is 5.70 Å². The molecule has 0 aromatic carbocycles. The molecule has 0 aromatic rings. The Morgan fingerprint density at radius 1 is 1.39 bits per heavy atom. The van der Waals surface area contributed by atoms with E-state index < -0.39 is 42.2 Å². The number of rotatable bonds is 8. The van der Waals surface area contributed by atoms with Crippen molar-refractivity contribution in [3.8, 4) is 0 Å². The molecular weight excluding hydrogens is 456 g/mol. The number of carboxylic acid groups (broad SMARTS) is 1. The van der Waals surface area contributed by atoms with Gasteiger partial charge in [-0.25, -0.2) is 4.79 Å². The molecule has 4 aliphatic rings. The number of hydrogen-bond donors (Lipinski definition) is 4. The van der Waals surface area contributed by atoms with Crippen LogP contribution in [0.3, 0.4) is 0 Å². The Morgan fingerprint density at radius 2 is 2.12 bits per heavy atom. The molecular formula is C21H31F2N5O4S. The molecule has 4 rings (SSSR count). The summed E-state index contributed by atoms with van der Waals surface area (Å²) in [6, 6.07) is -0.752. The molecule has 0 radical (unpaired) electrons. The number of hydrogen-bond acceptors (Lipinski definition) is 7. The van der Waals surface area contributed by atoms with Crippen molar-refractivity contribution in [2.45, 2.75) is 62.5 Å². The van der Waals surface area contributed by atoms with Crippen LogP contribution in [0.2, 0.25) is 0 Å². The van der Waals surface area contributed by atoms with Gasteiger partial charge in [0, 0.05) is 53.8 Å². The third-order valence-electron chi connectivity index (χ3n) is 7.16. The first-order valence-corrected chi connectivity index (χ1v) is 12.2. The number of carbonyl (C=O) groups excluding carboxylic acids is 2. The highest BCUT2D eigenvalue weighted by atomic mass is 32.2. The van der Waals surface area contributed by atoms with Gasteiger partial charge in [-0.05, 0) is 26.3 Å². The predicted octanol–water partition coefficient (Wildman–Crippen LogP) is 0.0258. The number of amides is 2. The summed E-state index contributed by atoms with van der Waals surface area (Å²) in [6.07, 6.45) is -1.29. The maximum Gasteiger partial charge on any atom is 0.353 e. The molecule has 184 valence electrons. The highest BCUT2D eigenvalue weighted by molar-refractivity contribution is 8.03. The number of carboxylic acids is 1. The van der Waals surface area contributed by atoms with Gasteiger partial charge in [-0.3, -0.25) is 9.59 Å². The number of nitrogens with one attached hydrogen (secondary N) is 2. The monoisotopic (exact) mass is 487 g/mol. The van der Waals surface area contributed by atoms with Gasteiger partial charge in [0.2, 0.25) is 5.91 Å². The molecule has 1 unspecified atom stereocenters. The normalized spacial score (nSPS) is 35.2. The average Bonchev–Trinajstić information content (AvgIpc) is 3.41. The molecule has 0 aromatic heterocycles. The number of carbonyl (C=O) groups is 3. The minimum absolute atomic E-state index is 0.0138. The number of aliphatic carboxylic acids is 1. The number of alkyl halides is 2. The lowest BCUT2D eigenvalue weighted by Crippen LogP contribution is -2.66. The molecule has 4 aliphatic heterocycles. The zero-order chi connectivity index (χ0) is 24.0. The second kappa shape index (κ2) is 9.47. The highest BCUT2D eigenvalue weighted by Crippen LogP contribution is 2.51. The fourth-order valence-electron chi connectivity index (χ4n) is 5.60. The van der Waals surface area contributed by atoms with Gasteiger partial charge in [-0.2, -0.15) is 8.78 Å². The van der Waals surface area contributed by atoms with Gasteiger partial charge in [-0.1, -0.05) is 6.92 Å². The SMILES string of the molecule is CC(NC(=O)C(F)F)[C@H]1C(=O)N2C(C(=O)O)=C(S[C@@H]3CN[C@H](CN4CC[C@H](N)C4)C3)[C@H](C)[C@H]12. The minimum Gasteiger partial charge on any atom is -0.477 e. The largest absolute Gasteiger partial charge is 0.477 e. The van der Waals surface area contributed by atoms with Crippen LogP contribution in [0.15, 0.2) is 10.6 Å². The summed E-state index contributed by atoms with van der Waals surface area (Å²) in [6.45, 7) is 6.89. The molecule has 2 amide bonds. The van der Waals surface area contributed by atoms with E-state index in [1.165, 1.54) is 23.6 Å². The van der Waals surface area contributed by atoms with E-state index in [1.807, 2.05) is 6.92 Å². The smallest absolute Gasteiger partial charge is 0.353 e. The first kappa shape index (κ1) is 24.4. The van der Waals surface area contributed by atoms with Gasteiger partial charge in [-0.15, -0.1) is 11.8 Å². The number of β-lactam (4-membered cyclic amide) rings is 1. The molecule has 4 heterocycles. The van der Waals surface area contributed by atoms with Crippen LogP contribution in [0.25, 0.3) is 0 Å². The molecule has 7 atom stereocenters. The standard InChI is InChI=1S/C21H31F2N5O4S/c1-9-15-14(10(2)26-19(29)18(22)23)20(30)28(15)16(21(31)32)17(9)33-13-5-12(25-6-13)8-27-4-3-11(24)7-27/h9-15,18,25H,3-8,24H2,1-2H3,(H,26,29)(H,31,32)/t9-,10?,11+,12+,13+,14-,15-/m1/s1. The lowest BCUT2D eigenvalue weighted by atomic mass is 9.78. The zero-order valence-electron chi connectivity index (χ0n) is 18.7. The van der Waals surface area contributed by atoms with Gasteiger partial charge in [0.15, 0.2) is 0 Å². The van der Waals surface area contributed by atoms with Gasteiger partial charge in [0.25, 0.3) is 5.91 Å². The molecule has 9 nitrogen and oxygen atoms in total. The highest BCUT2D eigenvalue weighted by Gasteiger charge is 2.60. The van der Waals surface area contributed by atoms with E-state index in [2.05, 4.69) is 15.5 Å². The molecule has 0 aliphatic carbocycles. The summed E-state index contributed by atoms with van der Waals surface area (Å²) < 4.78 is 25.3. The van der Waals surface area contributed by atoms with Gasteiger partial charge >= 0.3 is 12.4 Å². The predicted molar refractivity (Wildman–Crippen MR) is 118 cm³/mol. The average molecular weight is 488 g/mol. The summed E-state index contributed by atoms with van der Waals surface area (Å²) in [4.78, 5) is 40.5. The van der Waals surface area contributed by atoms with Crippen LogP contribution in [-0.2, 0) is 14.4 Å². The van der Waals surface area contributed by atoms with E-state index in [-0.39, 0.29) is 22.9 Å². The molecule has 3 saturated heterocycles. The van der Waals surface area contributed by atoms with Crippen LogP contribution in [0.5, 0.6) is 0 Å². The minimum atomic E-state index is -3.17. The number of nitrogens with zero attached hydrogens (tertiary/aromatic N) is 2. The van der Waals surface area contributed by atoms with Crippen LogP contribution in [0.4, 0.5) is 8.78 Å². The lowest BCUT2D eigenvalue weighted by molar-refractivity contribution is -0.159. The fourth-order valence-corrected chi connectivity index (χ4v) is 7.12. The Kier molecular flexibility index (Phi) is 7.00. The molecule has 0 bridgehead atoms. The molecule has 5 N–H and O–H groups in total. The molecule has 0 saturated carbocycles. The van der Waals surface area contributed by atoms with E-state index in [4.69, 9.17) is 5.73 Å². The second-order valence-corrected chi connectivity index (χ2v) is 10.9. The third kappa shape index (κ3) is 4.62. The number of thioether (sulfide) groups is 1. The molecule has 3 fully saturated rings. The van der Waals surface area contributed by atoms with E-state index >= 15 is 0 Å². The van der Waals surface area contributed by atoms with Crippen molar-refractivity contribution in [1.29, 1.82) is 0 Å². The van der Waals surface area contributed by atoms with Crippen molar-refractivity contribution in [2.75, 3.05) is 26.2 Å². The van der Waals surface area contributed by atoms with Crippen molar-refractivity contribution in [2.24, 2.45) is 17.6 Å². The Labute approximate surface area is 195 Å². The van der Waals surface area contributed by atoms with Crippen molar-refractivity contribution in [1.82, 2.24) is 20.4 Å². The van der Waals surface area contributed by atoms with Crippen molar-refractivity contribution in [3.63, 3.8) is 0 Å². The van der Waals surface area contributed by atoms with E-state index in [1.54, 1.807) is 0 Å². The van der Waals surface area contributed by atoms with E-state index in [0.717, 1.165) is 39.0 Å². The fraction of sp³-hybridized carbons (Fsp3) is 0.762. The van der Waals surface area contributed by atoms with Crippen LogP contribution in [0.1, 0.15) is 26.7 Å². The van der Waals surface area contributed by atoms with Crippen molar-refractivity contribution in [3.05, 3.63) is 10.6 Å². The number of nitrogens with two attached hydrogens (primary N) is 1. The van der Waals surface area contributed by atoms with E-state index in [9.17, 15) is 28.3 Å². The number of fused-ring (bicyclic) bond motifs is 1. The van der Waals surface area contributed by atoms with Gasteiger partial charge < -0.3 is 31.3 Å². The van der Waals surface area contributed by atoms with E-state index in [0.29, 0.717) is 10.9 Å². The Morgan fingerprint density at radius 3 is 2.73 bits per heavy atom. The van der Waals surface area contributed by atoms with Crippen LogP contribution < -0.4 is 16.4 Å². The summed E-state index contributed by atoms with van der Waals surface area (Å²) in [7, 11) is 0. The zero-order valence-corrected chi connectivity index (χ0v) is 19.5. The maximum absolute atomic E-state index is 12.8. The van der Waals surface area contributed by atoms with Crippen LogP contribution in [0, 0.1) is 11.8 Å². The number of halogens is 2. The molecule has 12 heteroatoms. The molecule has 0 spiro atoms. The second-order valence-electron chi connectivity index (χ2n) is 9.52. The first-order chi connectivity index (χ1) is 15.6. The summed E-state index contributed by atoms with van der Waals surface area (Å²) in [5.74, 6) is -4.04. The van der Waals surface area contributed by atoms with Crippen LogP contribution >= 0.6 is 11.8 Å². The number of likely N-dealkylation sites (tertiary alicyclic amines) is 1. The van der Waals surface area contributed by atoms with Crippen molar-refractivity contribution >= 4 is 29.5 Å². The summed E-state index contributed by atoms with van der Waals surface area (Å²) >= 11 is 1.50. The summed E-state index contributed by atoms with van der Waals surface area (Å²) in [5, 5.41) is 15.7. The third-order valence-corrected chi connectivity index (χ3v) is 8.67. The summed E-state index contributed by atoms with van der Waals surface area (Å²) in [5.41, 5.74) is 5.98. The Bertz CT molecular complexity index is 859. The van der Waals surface area contributed by atoms with Gasteiger partial charge in [0.05, 0.1) is 12.0 Å². The maximum atomic E-state index is 12.8.